The Morgan fingerprint density at radius 2 is 1.68 bits per heavy atom. The molecule has 1 nitrogen and oxygen atoms in total. The van der Waals surface area contributed by atoms with E-state index in [4.69, 9.17) is 0 Å². The maximum absolute atomic E-state index is 13.9. The molecule has 0 aromatic heterocycles. The molecule has 19 heavy (non-hydrogen) atoms. The van der Waals surface area contributed by atoms with Crippen LogP contribution in [0.15, 0.2) is 40.9 Å². The SMILES string of the molecule is Cc1cccc(C)c1CC(O)c1cccc(Br)c1F. The molecule has 0 amide bonds. The first kappa shape index (κ1) is 14.2. The van der Waals surface area contributed by atoms with Gasteiger partial charge in [-0.15, -0.1) is 0 Å². The van der Waals surface area contributed by atoms with Gasteiger partial charge in [0.1, 0.15) is 5.82 Å². The summed E-state index contributed by atoms with van der Waals surface area (Å²) in [7, 11) is 0. The summed E-state index contributed by atoms with van der Waals surface area (Å²) in [5, 5.41) is 10.3. The molecule has 0 saturated carbocycles. The fourth-order valence-corrected chi connectivity index (χ4v) is 2.63. The minimum Gasteiger partial charge on any atom is -0.388 e. The molecule has 1 atom stereocenters. The molecule has 2 rings (SSSR count). The first-order chi connectivity index (χ1) is 9.00. The van der Waals surface area contributed by atoms with Gasteiger partial charge < -0.3 is 5.11 Å². The van der Waals surface area contributed by atoms with E-state index < -0.39 is 6.10 Å². The van der Waals surface area contributed by atoms with E-state index in [1.54, 1.807) is 18.2 Å². The van der Waals surface area contributed by atoms with Crippen molar-refractivity contribution in [3.63, 3.8) is 0 Å². The van der Waals surface area contributed by atoms with Crippen LogP contribution in [-0.2, 0) is 6.42 Å². The molecule has 0 aliphatic rings. The summed E-state index contributed by atoms with van der Waals surface area (Å²) >= 11 is 3.14. The Morgan fingerprint density at radius 1 is 1.11 bits per heavy atom. The molecule has 1 N–H and O–H groups in total. The molecule has 1 unspecified atom stereocenters. The molecule has 0 radical (unpaired) electrons. The lowest BCUT2D eigenvalue weighted by atomic mass is 9.94. The molecule has 0 spiro atoms. The largest absolute Gasteiger partial charge is 0.388 e. The average Bonchev–Trinajstić information content (AvgIpc) is 2.37. The van der Waals surface area contributed by atoms with Gasteiger partial charge in [0.05, 0.1) is 10.6 Å². The van der Waals surface area contributed by atoms with E-state index in [1.165, 1.54) is 0 Å². The normalized spacial score (nSPS) is 12.5. The summed E-state index contributed by atoms with van der Waals surface area (Å²) in [5.74, 6) is -0.388. The minimum absolute atomic E-state index is 0.331. The van der Waals surface area contributed by atoms with Crippen LogP contribution >= 0.6 is 15.9 Å². The second-order valence-corrected chi connectivity index (χ2v) is 5.59. The van der Waals surface area contributed by atoms with Crippen LogP contribution in [0.25, 0.3) is 0 Å². The highest BCUT2D eigenvalue weighted by molar-refractivity contribution is 9.10. The molecule has 100 valence electrons. The zero-order valence-corrected chi connectivity index (χ0v) is 12.5. The maximum atomic E-state index is 13.9. The van der Waals surface area contributed by atoms with Crippen LogP contribution in [0.4, 0.5) is 4.39 Å². The van der Waals surface area contributed by atoms with Gasteiger partial charge in [-0.2, -0.15) is 0 Å². The lowest BCUT2D eigenvalue weighted by molar-refractivity contribution is 0.173. The van der Waals surface area contributed by atoms with E-state index in [0.29, 0.717) is 16.5 Å². The monoisotopic (exact) mass is 322 g/mol. The molecular formula is C16H16BrFO. The van der Waals surface area contributed by atoms with Gasteiger partial charge in [0.2, 0.25) is 0 Å². The van der Waals surface area contributed by atoms with Crippen LogP contribution in [0.2, 0.25) is 0 Å². The lowest BCUT2D eigenvalue weighted by Gasteiger charge is -2.16. The van der Waals surface area contributed by atoms with Crippen molar-refractivity contribution in [2.75, 3.05) is 0 Å². The highest BCUT2D eigenvalue weighted by Gasteiger charge is 2.16. The second kappa shape index (κ2) is 5.85. The third-order valence-corrected chi connectivity index (χ3v) is 3.99. The van der Waals surface area contributed by atoms with Gasteiger partial charge in [0.15, 0.2) is 0 Å². The van der Waals surface area contributed by atoms with E-state index in [9.17, 15) is 9.50 Å². The number of benzene rings is 2. The number of hydrogen-bond acceptors (Lipinski definition) is 1. The average molecular weight is 323 g/mol. The maximum Gasteiger partial charge on any atom is 0.143 e. The fourth-order valence-electron chi connectivity index (χ4n) is 2.25. The van der Waals surface area contributed by atoms with Crippen LogP contribution in [0.1, 0.15) is 28.4 Å². The highest BCUT2D eigenvalue weighted by atomic mass is 79.9. The summed E-state index contributed by atoms with van der Waals surface area (Å²) in [6.07, 6.45) is -0.413. The highest BCUT2D eigenvalue weighted by Crippen LogP contribution is 2.27. The Balaban J connectivity index is 2.31. The van der Waals surface area contributed by atoms with Gasteiger partial charge in [0.25, 0.3) is 0 Å². The van der Waals surface area contributed by atoms with E-state index in [1.807, 2.05) is 32.0 Å². The third-order valence-electron chi connectivity index (χ3n) is 3.38. The molecule has 0 heterocycles. The molecule has 0 saturated heterocycles. The van der Waals surface area contributed by atoms with Crippen molar-refractivity contribution in [3.8, 4) is 0 Å². The molecule has 2 aromatic rings. The first-order valence-electron chi connectivity index (χ1n) is 6.17. The second-order valence-electron chi connectivity index (χ2n) is 4.73. The standard InChI is InChI=1S/C16H16BrFO/c1-10-5-3-6-11(2)13(10)9-15(19)12-7-4-8-14(17)16(12)18/h3-8,15,19H,9H2,1-2H3. The van der Waals surface area contributed by atoms with E-state index in [0.717, 1.165) is 16.7 Å². The van der Waals surface area contributed by atoms with Crippen molar-refractivity contribution in [3.05, 3.63) is 68.9 Å². The quantitative estimate of drug-likeness (QED) is 0.883. The van der Waals surface area contributed by atoms with Crippen LogP contribution in [0.5, 0.6) is 0 Å². The molecular weight excluding hydrogens is 307 g/mol. The number of rotatable bonds is 3. The zero-order valence-electron chi connectivity index (χ0n) is 11.0. The van der Waals surface area contributed by atoms with E-state index >= 15 is 0 Å². The van der Waals surface area contributed by atoms with Gasteiger partial charge in [-0.05, 0) is 52.5 Å². The van der Waals surface area contributed by atoms with Crippen molar-refractivity contribution in [1.82, 2.24) is 0 Å². The number of hydrogen-bond donors (Lipinski definition) is 1. The Hall–Kier alpha value is -1.19. The Morgan fingerprint density at radius 3 is 2.32 bits per heavy atom. The van der Waals surface area contributed by atoms with Crippen molar-refractivity contribution in [1.29, 1.82) is 0 Å². The third kappa shape index (κ3) is 3.04. The Labute approximate surface area is 121 Å². The Bertz CT molecular complexity index is 575. The van der Waals surface area contributed by atoms with Crippen molar-refractivity contribution >= 4 is 15.9 Å². The van der Waals surface area contributed by atoms with Gasteiger partial charge >= 0.3 is 0 Å². The molecule has 0 fully saturated rings. The van der Waals surface area contributed by atoms with Crippen LogP contribution in [0, 0.1) is 19.7 Å². The van der Waals surface area contributed by atoms with E-state index in [2.05, 4.69) is 15.9 Å². The summed E-state index contributed by atoms with van der Waals surface area (Å²) in [4.78, 5) is 0. The lowest BCUT2D eigenvalue weighted by Crippen LogP contribution is -2.07. The summed E-state index contributed by atoms with van der Waals surface area (Å²) in [6, 6.07) is 11.0. The minimum atomic E-state index is -0.836. The van der Waals surface area contributed by atoms with Crippen molar-refractivity contribution in [2.45, 2.75) is 26.4 Å². The zero-order chi connectivity index (χ0) is 14.0. The van der Waals surface area contributed by atoms with Gasteiger partial charge in [-0.1, -0.05) is 30.3 Å². The van der Waals surface area contributed by atoms with Gasteiger partial charge in [-0.3, -0.25) is 0 Å². The van der Waals surface area contributed by atoms with Crippen molar-refractivity contribution < 1.29 is 9.50 Å². The summed E-state index contributed by atoms with van der Waals surface area (Å²) < 4.78 is 14.3. The first-order valence-corrected chi connectivity index (χ1v) is 6.97. The topological polar surface area (TPSA) is 20.2 Å². The fraction of sp³-hybridized carbons (Fsp3) is 0.250. The molecule has 0 bridgehead atoms. The van der Waals surface area contributed by atoms with Crippen LogP contribution in [0.3, 0.4) is 0 Å². The smallest absolute Gasteiger partial charge is 0.143 e. The van der Waals surface area contributed by atoms with Gasteiger partial charge in [0, 0.05) is 12.0 Å². The summed E-state index contributed by atoms with van der Waals surface area (Å²) in [5.41, 5.74) is 3.65. The molecule has 0 aliphatic carbocycles. The summed E-state index contributed by atoms with van der Waals surface area (Å²) in [6.45, 7) is 4.01. The number of aliphatic hydroxyl groups excluding tert-OH is 1. The predicted molar refractivity (Wildman–Crippen MR) is 78.7 cm³/mol. The number of halogens is 2. The van der Waals surface area contributed by atoms with Crippen LogP contribution < -0.4 is 0 Å². The predicted octanol–water partition coefficient (Wildman–Crippen LogP) is 4.48. The van der Waals surface area contributed by atoms with Crippen LogP contribution in [-0.4, -0.2) is 5.11 Å². The van der Waals surface area contributed by atoms with Gasteiger partial charge in [-0.25, -0.2) is 4.39 Å². The molecule has 0 aliphatic heterocycles. The van der Waals surface area contributed by atoms with E-state index in [-0.39, 0.29) is 5.82 Å². The number of aryl methyl sites for hydroxylation is 2. The number of aliphatic hydroxyl groups is 1. The van der Waals surface area contributed by atoms with Crippen molar-refractivity contribution in [2.24, 2.45) is 0 Å². The molecule has 2 aromatic carbocycles. The Kier molecular flexibility index (Phi) is 4.38. The molecule has 3 heteroatoms.